The van der Waals surface area contributed by atoms with E-state index >= 15 is 0 Å². The molecule has 6 heteroatoms. The van der Waals surface area contributed by atoms with Gasteiger partial charge in [-0.05, 0) is 25.0 Å². The van der Waals surface area contributed by atoms with Crippen molar-refractivity contribution in [2.24, 2.45) is 0 Å². The van der Waals surface area contributed by atoms with Gasteiger partial charge in [-0.2, -0.15) is 0 Å². The van der Waals surface area contributed by atoms with Gasteiger partial charge < -0.3 is 20.3 Å². The summed E-state index contributed by atoms with van der Waals surface area (Å²) in [5, 5.41) is 5.84. The largest absolute Gasteiger partial charge is 0.497 e. The van der Waals surface area contributed by atoms with Crippen LogP contribution in [0.25, 0.3) is 0 Å². The maximum Gasteiger partial charge on any atom is 0.315 e. The summed E-state index contributed by atoms with van der Waals surface area (Å²) in [6.07, 6.45) is 5.72. The van der Waals surface area contributed by atoms with Crippen molar-refractivity contribution >= 4 is 17.6 Å². The Morgan fingerprint density at radius 2 is 2.00 bits per heavy atom. The molecule has 0 spiro atoms. The highest BCUT2D eigenvalue weighted by molar-refractivity contribution is 5.91. The van der Waals surface area contributed by atoms with Crippen LogP contribution in [0.15, 0.2) is 24.3 Å². The Labute approximate surface area is 143 Å². The number of hydrogen-bond acceptors (Lipinski definition) is 3. The van der Waals surface area contributed by atoms with Crippen LogP contribution in [0.4, 0.5) is 10.5 Å². The monoisotopic (exact) mass is 333 g/mol. The first-order valence-corrected chi connectivity index (χ1v) is 8.56. The molecule has 1 aliphatic rings. The van der Waals surface area contributed by atoms with Crippen LogP contribution in [0.2, 0.25) is 0 Å². The lowest BCUT2D eigenvalue weighted by molar-refractivity contribution is -0.116. The second-order valence-electron chi connectivity index (χ2n) is 6.11. The Bertz CT molecular complexity index is 556. The zero-order valence-electron chi connectivity index (χ0n) is 14.5. The summed E-state index contributed by atoms with van der Waals surface area (Å²) < 4.78 is 5.19. The molecule has 0 heterocycles. The van der Waals surface area contributed by atoms with Crippen molar-refractivity contribution in [3.63, 3.8) is 0 Å². The summed E-state index contributed by atoms with van der Waals surface area (Å²) in [5.41, 5.74) is 0.760. The summed E-state index contributed by atoms with van der Waals surface area (Å²) in [7, 11) is 1.59. The molecule has 1 aliphatic carbocycles. The first-order valence-electron chi connectivity index (χ1n) is 8.56. The molecule has 2 rings (SSSR count). The van der Waals surface area contributed by atoms with E-state index < -0.39 is 0 Å². The first-order chi connectivity index (χ1) is 11.6. The average molecular weight is 333 g/mol. The Morgan fingerprint density at radius 1 is 1.25 bits per heavy atom. The molecule has 1 fully saturated rings. The van der Waals surface area contributed by atoms with Gasteiger partial charge in [0.05, 0.1) is 7.11 Å². The van der Waals surface area contributed by atoms with E-state index in [1.54, 1.807) is 12.0 Å². The third kappa shape index (κ3) is 5.44. The smallest absolute Gasteiger partial charge is 0.315 e. The van der Waals surface area contributed by atoms with E-state index in [-0.39, 0.29) is 18.0 Å². The number of anilines is 1. The molecule has 1 aromatic rings. The Kier molecular flexibility index (Phi) is 6.90. The number of nitrogens with zero attached hydrogens (tertiary/aromatic N) is 1. The first kappa shape index (κ1) is 18.1. The molecule has 0 atom stereocenters. The normalized spacial score (nSPS) is 14.8. The zero-order valence-corrected chi connectivity index (χ0v) is 14.5. The van der Waals surface area contributed by atoms with Crippen molar-refractivity contribution in [2.45, 2.75) is 45.1 Å². The highest BCUT2D eigenvalue weighted by Crippen LogP contribution is 2.21. The van der Waals surface area contributed by atoms with Gasteiger partial charge in [-0.3, -0.25) is 4.79 Å². The fraction of sp³-hybridized carbons (Fsp3) is 0.556. The fourth-order valence-electron chi connectivity index (χ4n) is 3.01. The summed E-state index contributed by atoms with van der Waals surface area (Å²) in [4.78, 5) is 25.5. The molecule has 3 amide bonds. The highest BCUT2D eigenvalue weighted by atomic mass is 16.5. The van der Waals surface area contributed by atoms with Crippen LogP contribution in [0.3, 0.4) is 0 Å². The minimum atomic E-state index is -0.156. The van der Waals surface area contributed by atoms with Crippen molar-refractivity contribution < 1.29 is 14.3 Å². The van der Waals surface area contributed by atoms with E-state index in [2.05, 4.69) is 10.6 Å². The molecule has 0 aromatic heterocycles. The molecule has 0 radical (unpaired) electrons. The number of benzene rings is 1. The van der Waals surface area contributed by atoms with Gasteiger partial charge in [-0.1, -0.05) is 25.3 Å². The number of rotatable bonds is 6. The van der Waals surface area contributed by atoms with Crippen LogP contribution in [0.5, 0.6) is 5.75 Å². The Morgan fingerprint density at radius 3 is 2.67 bits per heavy atom. The lowest BCUT2D eigenvalue weighted by Gasteiger charge is -2.24. The predicted molar refractivity (Wildman–Crippen MR) is 94.4 cm³/mol. The second-order valence-corrected chi connectivity index (χ2v) is 6.11. The molecule has 24 heavy (non-hydrogen) atoms. The van der Waals surface area contributed by atoms with Crippen molar-refractivity contribution in [1.82, 2.24) is 10.6 Å². The summed E-state index contributed by atoms with van der Waals surface area (Å²) >= 11 is 0. The number of ether oxygens (including phenoxy) is 1. The Hall–Kier alpha value is -2.24. The van der Waals surface area contributed by atoms with Gasteiger partial charge in [-0.25, -0.2) is 4.79 Å². The quantitative estimate of drug-likeness (QED) is 0.841. The van der Waals surface area contributed by atoms with E-state index in [0.717, 1.165) is 18.5 Å². The summed E-state index contributed by atoms with van der Waals surface area (Å²) in [6.45, 7) is 2.33. The van der Waals surface area contributed by atoms with E-state index in [4.69, 9.17) is 4.74 Å². The SMILES string of the molecule is COc1cccc(N(CCNC(=O)NC2CCCCC2)C(C)=O)c1. The maximum absolute atomic E-state index is 12.0. The number of carbonyl (C=O) groups is 2. The van der Waals surface area contributed by atoms with Crippen molar-refractivity contribution in [3.05, 3.63) is 24.3 Å². The van der Waals surface area contributed by atoms with E-state index in [1.165, 1.54) is 26.2 Å². The number of carbonyl (C=O) groups excluding carboxylic acids is 2. The van der Waals surface area contributed by atoms with Gasteiger partial charge in [0, 0.05) is 37.8 Å². The minimum Gasteiger partial charge on any atom is -0.497 e. The standard InChI is InChI=1S/C18H27N3O3/c1-14(22)21(16-9-6-10-17(13-16)24-2)12-11-19-18(23)20-15-7-4-3-5-8-15/h6,9-10,13,15H,3-5,7-8,11-12H2,1-2H3,(H2,19,20,23). The third-order valence-corrected chi connectivity index (χ3v) is 4.31. The molecular weight excluding hydrogens is 306 g/mol. The van der Waals surface area contributed by atoms with E-state index in [9.17, 15) is 9.59 Å². The molecule has 0 unspecified atom stereocenters. The summed E-state index contributed by atoms with van der Waals surface area (Å²) in [6, 6.07) is 7.46. The van der Waals surface area contributed by atoms with Gasteiger partial charge in [0.25, 0.3) is 0 Å². The van der Waals surface area contributed by atoms with Crippen LogP contribution in [-0.2, 0) is 4.79 Å². The average Bonchev–Trinajstić information content (AvgIpc) is 2.59. The summed E-state index contributed by atoms with van der Waals surface area (Å²) in [5.74, 6) is 0.625. The fourth-order valence-corrected chi connectivity index (χ4v) is 3.01. The maximum atomic E-state index is 12.0. The van der Waals surface area contributed by atoms with Crippen LogP contribution in [-0.4, -0.2) is 38.2 Å². The van der Waals surface area contributed by atoms with Gasteiger partial charge >= 0.3 is 6.03 Å². The van der Waals surface area contributed by atoms with Crippen LogP contribution >= 0.6 is 0 Å². The molecule has 6 nitrogen and oxygen atoms in total. The lowest BCUT2D eigenvalue weighted by Crippen LogP contribution is -2.45. The molecule has 132 valence electrons. The zero-order chi connectivity index (χ0) is 17.4. The van der Waals surface area contributed by atoms with Crippen LogP contribution < -0.4 is 20.3 Å². The van der Waals surface area contributed by atoms with Crippen molar-refractivity contribution in [1.29, 1.82) is 0 Å². The topological polar surface area (TPSA) is 70.7 Å². The van der Waals surface area contributed by atoms with Gasteiger partial charge in [0.1, 0.15) is 5.75 Å². The van der Waals surface area contributed by atoms with E-state index in [1.807, 2.05) is 24.3 Å². The highest BCUT2D eigenvalue weighted by Gasteiger charge is 2.16. The van der Waals surface area contributed by atoms with Crippen molar-refractivity contribution in [3.8, 4) is 5.75 Å². The van der Waals surface area contributed by atoms with Gasteiger partial charge in [0.15, 0.2) is 0 Å². The minimum absolute atomic E-state index is 0.0715. The third-order valence-electron chi connectivity index (χ3n) is 4.31. The second kappa shape index (κ2) is 9.15. The molecular formula is C18H27N3O3. The lowest BCUT2D eigenvalue weighted by atomic mass is 9.96. The van der Waals surface area contributed by atoms with Gasteiger partial charge in [0.2, 0.25) is 5.91 Å². The molecule has 1 saturated carbocycles. The number of amides is 3. The van der Waals surface area contributed by atoms with Crippen LogP contribution in [0, 0.1) is 0 Å². The number of methoxy groups -OCH3 is 1. The van der Waals surface area contributed by atoms with Crippen LogP contribution in [0.1, 0.15) is 39.0 Å². The molecule has 0 aliphatic heterocycles. The molecule has 0 bridgehead atoms. The molecule has 2 N–H and O–H groups in total. The molecule has 1 aromatic carbocycles. The number of nitrogens with one attached hydrogen (secondary N) is 2. The molecule has 0 saturated heterocycles. The number of urea groups is 1. The van der Waals surface area contributed by atoms with E-state index in [0.29, 0.717) is 18.8 Å². The number of hydrogen-bond donors (Lipinski definition) is 2. The van der Waals surface area contributed by atoms with Crippen molar-refractivity contribution in [2.75, 3.05) is 25.1 Å². The Balaban J connectivity index is 1.82. The van der Waals surface area contributed by atoms with Gasteiger partial charge in [-0.15, -0.1) is 0 Å². The predicted octanol–water partition coefficient (Wildman–Crippen LogP) is 2.68.